The van der Waals surface area contributed by atoms with Gasteiger partial charge in [-0.3, -0.25) is 4.79 Å². The van der Waals surface area contributed by atoms with E-state index in [4.69, 9.17) is 4.74 Å². The zero-order valence-electron chi connectivity index (χ0n) is 8.53. The van der Waals surface area contributed by atoms with E-state index in [9.17, 15) is 9.59 Å². The van der Waals surface area contributed by atoms with E-state index in [2.05, 4.69) is 0 Å². The fourth-order valence-corrected chi connectivity index (χ4v) is 1.69. The average Bonchev–Trinajstić information content (AvgIpc) is 2.51. The van der Waals surface area contributed by atoms with Gasteiger partial charge in [0.05, 0.1) is 12.0 Å². The minimum Gasteiger partial charge on any atom is -0.463 e. The van der Waals surface area contributed by atoms with Crippen LogP contribution in [0.15, 0.2) is 0 Å². The first-order valence-electron chi connectivity index (χ1n) is 4.57. The van der Waals surface area contributed by atoms with Crippen molar-refractivity contribution in [1.82, 2.24) is 0 Å². The highest BCUT2D eigenvalue weighted by Gasteiger charge is 2.62. The predicted molar refractivity (Wildman–Crippen MR) is 48.1 cm³/mol. The summed E-state index contributed by atoms with van der Waals surface area (Å²) in [4.78, 5) is 22.0. The summed E-state index contributed by atoms with van der Waals surface area (Å²) < 4.78 is 5.04. The quantitative estimate of drug-likeness (QED) is 0.492. The van der Waals surface area contributed by atoms with Crippen molar-refractivity contribution in [2.24, 2.45) is 17.3 Å². The maximum absolute atomic E-state index is 11.4. The van der Waals surface area contributed by atoms with E-state index >= 15 is 0 Å². The van der Waals surface area contributed by atoms with E-state index in [0.717, 1.165) is 6.29 Å². The van der Waals surface area contributed by atoms with Gasteiger partial charge in [-0.05, 0) is 19.3 Å². The molecule has 2 atom stereocenters. The Morgan fingerprint density at radius 1 is 1.46 bits per heavy atom. The van der Waals surface area contributed by atoms with Crippen LogP contribution in [0.1, 0.15) is 27.7 Å². The molecule has 0 spiro atoms. The van der Waals surface area contributed by atoms with Crippen molar-refractivity contribution in [2.75, 3.05) is 0 Å². The molecule has 1 aliphatic rings. The number of hydrogen-bond acceptors (Lipinski definition) is 3. The van der Waals surface area contributed by atoms with Crippen molar-refractivity contribution in [2.45, 2.75) is 33.8 Å². The first kappa shape index (κ1) is 10.2. The lowest BCUT2D eigenvalue weighted by Crippen LogP contribution is -2.15. The Labute approximate surface area is 78.5 Å². The second-order valence-corrected chi connectivity index (χ2v) is 4.45. The molecule has 0 aromatic heterocycles. The van der Waals surface area contributed by atoms with Gasteiger partial charge in [0.2, 0.25) is 0 Å². The number of hydrogen-bond donors (Lipinski definition) is 0. The summed E-state index contributed by atoms with van der Waals surface area (Å²) in [6, 6.07) is 0. The van der Waals surface area contributed by atoms with E-state index in [1.165, 1.54) is 0 Å². The Balaban J connectivity index is 2.56. The topological polar surface area (TPSA) is 43.4 Å². The van der Waals surface area contributed by atoms with Gasteiger partial charge in [-0.25, -0.2) is 0 Å². The van der Waals surface area contributed by atoms with Gasteiger partial charge in [0.15, 0.2) is 0 Å². The normalized spacial score (nSPS) is 29.9. The lowest BCUT2D eigenvalue weighted by Gasteiger charge is -2.07. The fraction of sp³-hybridized carbons (Fsp3) is 0.800. The van der Waals surface area contributed by atoms with Crippen LogP contribution in [0, 0.1) is 17.3 Å². The lowest BCUT2D eigenvalue weighted by molar-refractivity contribution is -0.150. The Bertz CT molecular complexity index is 230. The first-order valence-corrected chi connectivity index (χ1v) is 4.57. The van der Waals surface area contributed by atoms with Gasteiger partial charge >= 0.3 is 5.97 Å². The number of aldehydes is 1. The largest absolute Gasteiger partial charge is 0.463 e. The van der Waals surface area contributed by atoms with Crippen molar-refractivity contribution in [3.8, 4) is 0 Å². The number of carbonyl (C=O) groups excluding carboxylic acids is 2. The van der Waals surface area contributed by atoms with Gasteiger partial charge in [0, 0.05) is 5.92 Å². The monoisotopic (exact) mass is 184 g/mol. The van der Waals surface area contributed by atoms with Crippen LogP contribution in [0.4, 0.5) is 0 Å². The molecule has 74 valence electrons. The van der Waals surface area contributed by atoms with Crippen molar-refractivity contribution >= 4 is 12.3 Å². The van der Waals surface area contributed by atoms with E-state index in [1.807, 2.05) is 27.7 Å². The SMILES string of the molecule is CC(C)OC(=O)[C@@H]1[C@@H](C=O)C1(C)C. The van der Waals surface area contributed by atoms with Gasteiger partial charge < -0.3 is 9.53 Å². The highest BCUT2D eigenvalue weighted by Crippen LogP contribution is 2.57. The molecule has 13 heavy (non-hydrogen) atoms. The Kier molecular flexibility index (Phi) is 2.46. The van der Waals surface area contributed by atoms with Crippen molar-refractivity contribution < 1.29 is 14.3 Å². The lowest BCUT2D eigenvalue weighted by atomic mass is 10.1. The van der Waals surface area contributed by atoms with E-state index < -0.39 is 0 Å². The minimum absolute atomic E-state index is 0.101. The number of carbonyl (C=O) groups is 2. The molecule has 1 saturated carbocycles. The molecule has 0 saturated heterocycles. The molecule has 0 unspecified atom stereocenters. The zero-order valence-corrected chi connectivity index (χ0v) is 8.53. The predicted octanol–water partition coefficient (Wildman–Crippen LogP) is 1.41. The minimum atomic E-state index is -0.239. The van der Waals surface area contributed by atoms with E-state index in [0.29, 0.717) is 0 Å². The maximum Gasteiger partial charge on any atom is 0.310 e. The van der Waals surface area contributed by atoms with Crippen LogP contribution in [0.25, 0.3) is 0 Å². The maximum atomic E-state index is 11.4. The number of esters is 1. The summed E-state index contributed by atoms with van der Waals surface area (Å²) in [6.45, 7) is 7.45. The molecular formula is C10H16O3. The van der Waals surface area contributed by atoms with E-state index in [-0.39, 0.29) is 29.3 Å². The number of rotatable bonds is 3. The molecule has 0 aliphatic heterocycles. The molecule has 0 radical (unpaired) electrons. The summed E-state index contributed by atoms with van der Waals surface area (Å²) in [5.74, 6) is -0.622. The van der Waals surface area contributed by atoms with Gasteiger partial charge in [-0.1, -0.05) is 13.8 Å². The Morgan fingerprint density at radius 2 is 2.00 bits per heavy atom. The molecule has 0 bridgehead atoms. The molecular weight excluding hydrogens is 168 g/mol. The van der Waals surface area contributed by atoms with E-state index in [1.54, 1.807) is 0 Å². The van der Waals surface area contributed by atoms with Crippen molar-refractivity contribution in [3.63, 3.8) is 0 Å². The second-order valence-electron chi connectivity index (χ2n) is 4.45. The van der Waals surface area contributed by atoms with Crippen LogP contribution in [-0.4, -0.2) is 18.4 Å². The third-order valence-electron chi connectivity index (χ3n) is 2.66. The number of ether oxygens (including phenoxy) is 1. The molecule has 0 amide bonds. The molecule has 1 fully saturated rings. The first-order chi connectivity index (χ1) is 5.91. The molecule has 1 aliphatic carbocycles. The van der Waals surface area contributed by atoms with Gasteiger partial charge in [0.25, 0.3) is 0 Å². The van der Waals surface area contributed by atoms with Crippen LogP contribution in [-0.2, 0) is 14.3 Å². The van der Waals surface area contributed by atoms with Crippen molar-refractivity contribution in [1.29, 1.82) is 0 Å². The molecule has 1 rings (SSSR count). The Hall–Kier alpha value is -0.860. The zero-order chi connectivity index (χ0) is 10.2. The van der Waals surface area contributed by atoms with Crippen molar-refractivity contribution in [3.05, 3.63) is 0 Å². The third-order valence-corrected chi connectivity index (χ3v) is 2.66. The van der Waals surface area contributed by atoms with Gasteiger partial charge in [0.1, 0.15) is 6.29 Å². The van der Waals surface area contributed by atoms with Crippen LogP contribution in [0.5, 0.6) is 0 Å². The highest BCUT2D eigenvalue weighted by molar-refractivity contribution is 5.84. The molecule has 0 aromatic rings. The van der Waals surface area contributed by atoms with Crippen LogP contribution < -0.4 is 0 Å². The molecule has 0 aromatic carbocycles. The van der Waals surface area contributed by atoms with Crippen LogP contribution >= 0.6 is 0 Å². The summed E-state index contributed by atoms with van der Waals surface area (Å²) in [6.07, 6.45) is 0.753. The van der Waals surface area contributed by atoms with Crippen LogP contribution in [0.2, 0.25) is 0 Å². The molecule has 0 heterocycles. The molecule has 3 heteroatoms. The Morgan fingerprint density at radius 3 is 2.31 bits per heavy atom. The molecule has 3 nitrogen and oxygen atoms in total. The van der Waals surface area contributed by atoms with Gasteiger partial charge in [-0.15, -0.1) is 0 Å². The summed E-state index contributed by atoms with van der Waals surface area (Å²) in [5.41, 5.74) is -0.201. The van der Waals surface area contributed by atoms with Gasteiger partial charge in [-0.2, -0.15) is 0 Å². The smallest absolute Gasteiger partial charge is 0.310 e. The summed E-state index contributed by atoms with van der Waals surface area (Å²) >= 11 is 0. The van der Waals surface area contributed by atoms with Crippen LogP contribution in [0.3, 0.4) is 0 Å². The molecule has 0 N–H and O–H groups in total. The second kappa shape index (κ2) is 3.13. The highest BCUT2D eigenvalue weighted by atomic mass is 16.5. The summed E-state index contributed by atoms with van der Waals surface area (Å²) in [5, 5.41) is 0. The average molecular weight is 184 g/mol. The third kappa shape index (κ3) is 1.74. The standard InChI is InChI=1S/C10H16O3/c1-6(2)13-9(12)8-7(5-11)10(8,3)4/h5-8H,1-4H3/t7-,8+/m1/s1. The fourth-order valence-electron chi connectivity index (χ4n) is 1.69. The summed E-state index contributed by atoms with van der Waals surface area (Å²) in [7, 11) is 0.